The van der Waals surface area contributed by atoms with E-state index in [9.17, 15) is 8.78 Å². The van der Waals surface area contributed by atoms with Gasteiger partial charge < -0.3 is 88.6 Å². The van der Waals surface area contributed by atoms with E-state index in [1.807, 2.05) is 466 Å². The maximum atomic E-state index is 13.5. The van der Waals surface area contributed by atoms with Crippen LogP contribution in [0.2, 0.25) is 0 Å². The van der Waals surface area contributed by atoms with E-state index in [1.54, 1.807) is 37.1 Å². The number of hydrogen-bond acceptors (Lipinski definition) is 19. The molecule has 0 spiro atoms. The molecule has 0 bridgehead atoms. The maximum Gasteiger partial charge on any atom is 3.00 e. The molecular formula is C109H99F2Ir3N19Pt2-8. The average Bonchev–Trinajstić information content (AvgIpc) is 1.36. The van der Waals surface area contributed by atoms with Gasteiger partial charge in [-0.15, -0.1) is 173 Å². The molecule has 0 N–H and O–H groups in total. The first-order valence-corrected chi connectivity index (χ1v) is 41.5. The van der Waals surface area contributed by atoms with E-state index in [4.69, 9.17) is 0 Å². The number of fused-ring (bicyclic) bond motifs is 1. The Morgan fingerprint density at radius 2 is 0.659 bits per heavy atom. The van der Waals surface area contributed by atoms with Crippen LogP contribution in [-0.2, 0) is 102 Å². The van der Waals surface area contributed by atoms with Crippen molar-refractivity contribution in [1.29, 1.82) is 0 Å². The van der Waals surface area contributed by atoms with Crippen LogP contribution in [0.4, 0.5) is 37.3 Å². The van der Waals surface area contributed by atoms with Crippen molar-refractivity contribution in [2.24, 2.45) is 0 Å². The van der Waals surface area contributed by atoms with E-state index >= 15 is 0 Å². The Morgan fingerprint density at radius 3 is 1.00 bits per heavy atom. The minimum atomic E-state index is -0.659. The zero-order valence-corrected chi connectivity index (χ0v) is 87.0. The first kappa shape index (κ1) is 109. The van der Waals surface area contributed by atoms with E-state index in [0.717, 1.165) is 92.4 Å². The maximum absolute atomic E-state index is 13.5. The molecule has 6 aliphatic heterocycles. The molecule has 19 nitrogen and oxygen atoms in total. The summed E-state index contributed by atoms with van der Waals surface area (Å²) in [6.07, 6.45) is 34.7. The van der Waals surface area contributed by atoms with Crippen LogP contribution >= 0.6 is 0 Å². The molecule has 0 saturated carbocycles. The molecule has 0 fully saturated rings. The van der Waals surface area contributed by atoms with E-state index < -0.39 is 11.6 Å². The van der Waals surface area contributed by atoms with Gasteiger partial charge in [0, 0.05) is 138 Å². The molecule has 26 heteroatoms. The molecule has 12 heterocycles. The first-order chi connectivity index (χ1) is 63.6. The fourth-order valence-electron chi connectivity index (χ4n) is 12.4. The summed E-state index contributed by atoms with van der Waals surface area (Å²) in [4.78, 5) is 51.5. The molecule has 0 amide bonds. The van der Waals surface area contributed by atoms with Crippen molar-refractivity contribution in [2.45, 2.75) is 0 Å². The van der Waals surface area contributed by atoms with E-state index in [0.29, 0.717) is 5.69 Å². The van der Waals surface area contributed by atoms with Crippen LogP contribution < -0.4 is 24.5 Å². The van der Waals surface area contributed by atoms with Crippen LogP contribution in [-0.4, -0.2) is 132 Å². The van der Waals surface area contributed by atoms with Gasteiger partial charge >= 0.3 is 40.2 Å². The van der Waals surface area contributed by atoms with Gasteiger partial charge in [0.15, 0.2) is 0 Å². The minimum absolute atomic E-state index is 0. The van der Waals surface area contributed by atoms with E-state index in [-0.39, 0.29) is 108 Å². The largest absolute Gasteiger partial charge is 3.00 e. The van der Waals surface area contributed by atoms with Gasteiger partial charge in [0.05, 0.1) is 0 Å². The minimum Gasteiger partial charge on any atom is -0.511 e. The number of anilines is 5. The van der Waals surface area contributed by atoms with Gasteiger partial charge in [-0.05, 0) is 188 Å². The molecule has 699 valence electrons. The molecule has 0 atom stereocenters. The molecule has 0 unspecified atom stereocenters. The first-order valence-electron chi connectivity index (χ1n) is 41.5. The summed E-state index contributed by atoms with van der Waals surface area (Å²) in [5.41, 5.74) is 12.8. The Hall–Kier alpha value is -12.8. The third-order valence-corrected chi connectivity index (χ3v) is 18.8. The smallest absolute Gasteiger partial charge is 0.511 e. The van der Waals surface area contributed by atoms with Crippen molar-refractivity contribution in [2.75, 3.05) is 87.5 Å². The number of halogens is 2. The summed E-state index contributed by atoms with van der Waals surface area (Å²) in [6.45, 7) is 13.0. The zero-order valence-electron chi connectivity index (χ0n) is 75.2. The van der Waals surface area contributed by atoms with Crippen LogP contribution in [0.5, 0.6) is 0 Å². The van der Waals surface area contributed by atoms with Gasteiger partial charge in [-0.25, -0.2) is 4.98 Å². The number of pyridine rings is 6. The topological polar surface area (TPSA) is 119 Å². The van der Waals surface area contributed by atoms with Crippen molar-refractivity contribution in [3.8, 4) is 56.3 Å². The number of rotatable bonds is 12. The summed E-state index contributed by atoms with van der Waals surface area (Å²) < 4.78 is 26.3. The number of benzene rings is 9. The van der Waals surface area contributed by atoms with E-state index in [2.05, 4.69) is 132 Å². The Balaban J connectivity index is 0.000000204. The molecule has 21 rings (SSSR count). The summed E-state index contributed by atoms with van der Waals surface area (Å²) in [6, 6.07) is 119. The molecule has 6 aliphatic rings. The van der Waals surface area contributed by atoms with Crippen LogP contribution in [0.1, 0.15) is 0 Å². The number of hydrogen-bond donors (Lipinski definition) is 0. The Labute approximate surface area is 864 Å². The summed E-state index contributed by atoms with van der Waals surface area (Å²) in [5, 5.41) is 2.42. The van der Waals surface area contributed by atoms with Crippen molar-refractivity contribution in [3.05, 3.63) is 509 Å². The summed E-state index contributed by atoms with van der Waals surface area (Å²) in [5.74, 6) is -0.360. The number of para-hydroxylation sites is 3. The average molecular weight is 2680 g/mol. The van der Waals surface area contributed by atoms with Crippen molar-refractivity contribution >= 4 is 39.3 Å². The van der Waals surface area contributed by atoms with Gasteiger partial charge in [0.25, 0.3) is 0 Å². The molecule has 0 aliphatic carbocycles. The molecule has 9 aromatic carbocycles. The predicted molar refractivity (Wildman–Crippen MR) is 520 cm³/mol. The van der Waals surface area contributed by atoms with Gasteiger partial charge in [-0.3, -0.25) is 8.78 Å². The quantitative estimate of drug-likeness (QED) is 0.108. The predicted octanol–water partition coefficient (Wildman–Crippen LogP) is 21.8. The summed E-state index contributed by atoms with van der Waals surface area (Å²) >= 11 is 0. The zero-order chi connectivity index (χ0) is 90.7. The molecule has 1 radical (unpaired) electrons. The Kier molecular flexibility index (Phi) is 48.3. The number of nitrogens with zero attached hydrogens (tertiary/aromatic N) is 19. The molecular weight excluding hydrogens is 2580 g/mol. The van der Waals surface area contributed by atoms with Gasteiger partial charge in [-0.1, -0.05) is 102 Å². The Bertz CT molecular complexity index is 5420. The second-order valence-corrected chi connectivity index (χ2v) is 29.2. The fraction of sp³-hybridized carbons (Fsp3) is 0.0826. The van der Waals surface area contributed by atoms with E-state index in [1.165, 1.54) is 10.8 Å². The standard InChI is InChI=1S/C15H10N.C13H11F2N2.3C11H8N.3C10H10N2.C9H14N4.C9H10N3.3Ir.2Pt/c1-2-8-13-12(6-1)7-5-9-14(13)15-10-3-4-11-16-15;1-17(2)10-5-6-16-13(8-10)11-4-3-9(14)7-12(11)15;3*1-2-6-10(7-3-1)11-8-4-5-9-12-11;3*1-11-7-8-12(9-11)10-5-3-2-4-6-10;1-10-3-5-12(7-10)9-13-6-4-11(2)8-13;1-11-6-7-12(8-11)9-4-2-3-5-10-9;;;;;/h1-8,10-11H;3,5-8H,1-2H3;3*1-6,8-9H;3*2-5,7-9H,1H3;3-8H,9H2,1-2H3;2-8H,1H3;;;;;/q5*-1;4*-2;-1;;2*+3;;. The van der Waals surface area contributed by atoms with Crippen LogP contribution in [0.3, 0.4) is 0 Å². The van der Waals surface area contributed by atoms with Crippen molar-refractivity contribution in [1.82, 2.24) is 69.1 Å². The molecule has 6 aromatic heterocycles. The summed E-state index contributed by atoms with van der Waals surface area (Å²) in [7, 11) is 15.8. The second kappa shape index (κ2) is 59.7. The van der Waals surface area contributed by atoms with Crippen LogP contribution in [0, 0.1) is 100 Å². The van der Waals surface area contributed by atoms with Crippen molar-refractivity contribution in [3.63, 3.8) is 0 Å². The monoisotopic (exact) mass is 2680 g/mol. The Morgan fingerprint density at radius 1 is 0.304 bits per heavy atom. The normalized spacial score (nSPS) is 12.8. The van der Waals surface area contributed by atoms with Gasteiger partial charge in [0.2, 0.25) is 0 Å². The molecule has 0 saturated heterocycles. The van der Waals surface area contributed by atoms with Crippen molar-refractivity contribution < 1.29 is 111 Å². The van der Waals surface area contributed by atoms with Gasteiger partial charge in [-0.2, -0.15) is 124 Å². The SMILES string of the molecule is CN(C)c1ccnc(-c2[c-]cc(F)cc2F)c1.CN1C=CN(CN2C=CN(C)[CH-]2)[CH-]1.CN1C=CN(c2[c-]cccc2)[CH-]1.CN1C=CN(c2[c-]cccc2)[CH-]1.CN1C=CN(c2[c-]cccc2)[CH-]1.CN1C=CN(c2ccccn2)[CH-]1.[Ir+3].[Ir+3].[Ir].[Pt].[Pt].[c-]1ccc2ccccc2c1-c1ccccn1.[c-]1ccccc1-c1ccccn1.[c-]1ccccc1-c1ccccn1.[c-]1ccccc1-c1ccccn1. The molecule has 15 aromatic rings. The number of aromatic nitrogens is 6. The second-order valence-electron chi connectivity index (χ2n) is 29.2. The van der Waals surface area contributed by atoms with Crippen LogP contribution in [0.25, 0.3) is 67.1 Å². The van der Waals surface area contributed by atoms with Crippen LogP contribution in [0.15, 0.2) is 409 Å². The third kappa shape index (κ3) is 36.5. The fourth-order valence-corrected chi connectivity index (χ4v) is 12.4. The third-order valence-electron chi connectivity index (χ3n) is 18.8. The van der Waals surface area contributed by atoms with Gasteiger partial charge in [0.1, 0.15) is 5.82 Å². The molecule has 135 heavy (non-hydrogen) atoms.